The maximum atomic E-state index is 5.38. The van der Waals surface area contributed by atoms with Crippen molar-refractivity contribution in [2.75, 3.05) is 26.3 Å². The molecule has 0 unspecified atom stereocenters. The second kappa shape index (κ2) is 13.6. The summed E-state index contributed by atoms with van der Waals surface area (Å²) < 4.78 is 7.17. The number of nitrogens with one attached hydrogen (secondary N) is 2. The van der Waals surface area contributed by atoms with Crippen LogP contribution in [0.25, 0.3) is 0 Å². The van der Waals surface area contributed by atoms with Crippen molar-refractivity contribution < 1.29 is 4.74 Å². The van der Waals surface area contributed by atoms with Crippen molar-refractivity contribution in [1.82, 2.24) is 20.4 Å². The largest absolute Gasteiger partial charge is 0.382 e. The molecule has 2 N–H and O–H groups in total. The third kappa shape index (κ3) is 9.19. The number of halogens is 1. The van der Waals surface area contributed by atoms with E-state index in [0.29, 0.717) is 6.54 Å². The van der Waals surface area contributed by atoms with E-state index in [4.69, 9.17) is 4.74 Å². The Morgan fingerprint density at radius 1 is 1.15 bits per heavy atom. The number of hydrogen-bond acceptors (Lipinski definition) is 3. The first-order valence-electron chi connectivity index (χ1n) is 8.89. The highest BCUT2D eigenvalue weighted by Gasteiger charge is 2.01. The quantitative estimate of drug-likeness (QED) is 0.242. The molecule has 0 saturated heterocycles. The molecule has 1 aromatic carbocycles. The number of aryl methyl sites for hydroxylation is 1. The Morgan fingerprint density at radius 2 is 1.92 bits per heavy atom. The molecule has 0 radical (unpaired) electrons. The number of rotatable bonds is 10. The van der Waals surface area contributed by atoms with Crippen molar-refractivity contribution in [3.05, 3.63) is 53.9 Å². The summed E-state index contributed by atoms with van der Waals surface area (Å²) in [5.41, 5.74) is 2.42. The molecule has 0 spiro atoms. The number of hydrogen-bond donors (Lipinski definition) is 2. The summed E-state index contributed by atoms with van der Waals surface area (Å²) in [5, 5.41) is 11.0. The maximum Gasteiger partial charge on any atom is 0.191 e. The van der Waals surface area contributed by atoms with E-state index >= 15 is 0 Å². The number of nitrogens with zero attached hydrogens (tertiary/aromatic N) is 3. The maximum absolute atomic E-state index is 5.38. The molecular formula is C19H30IN5O. The van der Waals surface area contributed by atoms with Gasteiger partial charge < -0.3 is 15.4 Å². The van der Waals surface area contributed by atoms with E-state index in [1.807, 2.05) is 32.4 Å². The van der Waals surface area contributed by atoms with Crippen LogP contribution in [0.2, 0.25) is 0 Å². The Hall–Kier alpha value is -1.61. The van der Waals surface area contributed by atoms with Crippen molar-refractivity contribution in [1.29, 1.82) is 0 Å². The van der Waals surface area contributed by atoms with Crippen LogP contribution in [-0.2, 0) is 24.8 Å². The fraction of sp³-hybridized carbons (Fsp3) is 0.474. The van der Waals surface area contributed by atoms with E-state index in [1.165, 1.54) is 5.56 Å². The van der Waals surface area contributed by atoms with Crippen molar-refractivity contribution in [3.63, 3.8) is 0 Å². The molecule has 26 heavy (non-hydrogen) atoms. The van der Waals surface area contributed by atoms with Crippen LogP contribution < -0.4 is 10.6 Å². The predicted molar refractivity (Wildman–Crippen MR) is 117 cm³/mol. The highest BCUT2D eigenvalue weighted by molar-refractivity contribution is 14.0. The topological polar surface area (TPSA) is 63.5 Å². The Balaban J connectivity index is 0.00000338. The molecule has 0 fully saturated rings. The predicted octanol–water partition coefficient (Wildman–Crippen LogP) is 2.74. The second-order valence-corrected chi connectivity index (χ2v) is 5.83. The summed E-state index contributed by atoms with van der Waals surface area (Å²) in [6.45, 7) is 5.83. The lowest BCUT2D eigenvalue weighted by atomic mass is 10.1. The standard InChI is InChI=1S/C19H29N5O.HI/c1-3-25-13-7-11-20-19(22-14-18-15-23-24(2)16-18)21-12-10-17-8-5-4-6-9-17;/h4-6,8-9,15-16H,3,7,10-14H2,1-2H3,(H2,20,21,22);1H. The van der Waals surface area contributed by atoms with E-state index in [-0.39, 0.29) is 24.0 Å². The van der Waals surface area contributed by atoms with Gasteiger partial charge in [-0.15, -0.1) is 24.0 Å². The number of aromatic nitrogens is 2. The van der Waals surface area contributed by atoms with E-state index in [1.54, 1.807) is 4.68 Å². The average Bonchev–Trinajstić information content (AvgIpc) is 3.05. The number of guanidine groups is 1. The lowest BCUT2D eigenvalue weighted by molar-refractivity contribution is 0.145. The summed E-state index contributed by atoms with van der Waals surface area (Å²) in [7, 11) is 1.91. The zero-order valence-electron chi connectivity index (χ0n) is 15.6. The summed E-state index contributed by atoms with van der Waals surface area (Å²) in [5.74, 6) is 0.830. The third-order valence-electron chi connectivity index (χ3n) is 3.69. The first-order chi connectivity index (χ1) is 12.3. The van der Waals surface area contributed by atoms with Gasteiger partial charge in [0, 0.05) is 45.1 Å². The first kappa shape index (κ1) is 22.4. The average molecular weight is 471 g/mol. The van der Waals surface area contributed by atoms with Gasteiger partial charge in [-0.1, -0.05) is 30.3 Å². The summed E-state index contributed by atoms with van der Waals surface area (Å²) in [6.07, 6.45) is 5.76. The molecule has 2 rings (SSSR count). The Bertz CT molecular complexity index is 630. The molecule has 0 aliphatic rings. The Morgan fingerprint density at radius 3 is 2.62 bits per heavy atom. The van der Waals surface area contributed by atoms with Crippen molar-refractivity contribution in [3.8, 4) is 0 Å². The van der Waals surface area contributed by atoms with Crippen LogP contribution >= 0.6 is 24.0 Å². The molecule has 7 heteroatoms. The molecule has 0 atom stereocenters. The Kier molecular flexibility index (Phi) is 11.7. The minimum Gasteiger partial charge on any atom is -0.382 e. The van der Waals surface area contributed by atoms with E-state index in [0.717, 1.165) is 50.7 Å². The SMILES string of the molecule is CCOCCCNC(=NCc1cnn(C)c1)NCCc1ccccc1.I. The molecule has 0 aliphatic heterocycles. The van der Waals surface area contributed by atoms with E-state index in [9.17, 15) is 0 Å². The van der Waals surface area contributed by atoms with E-state index < -0.39 is 0 Å². The molecule has 1 aromatic heterocycles. The van der Waals surface area contributed by atoms with Crippen molar-refractivity contribution in [2.24, 2.45) is 12.0 Å². The molecule has 2 aromatic rings. The molecule has 144 valence electrons. The van der Waals surface area contributed by atoms with Gasteiger partial charge in [-0.25, -0.2) is 4.99 Å². The number of ether oxygens (including phenoxy) is 1. The van der Waals surface area contributed by atoms with Crippen LogP contribution in [-0.4, -0.2) is 42.0 Å². The third-order valence-corrected chi connectivity index (χ3v) is 3.69. The fourth-order valence-corrected chi connectivity index (χ4v) is 2.39. The molecule has 6 nitrogen and oxygen atoms in total. The summed E-state index contributed by atoms with van der Waals surface area (Å²) >= 11 is 0. The minimum atomic E-state index is 0. The van der Waals surface area contributed by atoms with Crippen LogP contribution in [0.1, 0.15) is 24.5 Å². The van der Waals surface area contributed by atoms with Crippen LogP contribution in [0.5, 0.6) is 0 Å². The zero-order valence-corrected chi connectivity index (χ0v) is 18.0. The summed E-state index contributed by atoms with van der Waals surface area (Å²) in [4.78, 5) is 4.66. The van der Waals surface area contributed by atoms with Gasteiger partial charge in [0.1, 0.15) is 0 Å². The van der Waals surface area contributed by atoms with Crippen molar-refractivity contribution in [2.45, 2.75) is 26.3 Å². The monoisotopic (exact) mass is 471 g/mol. The van der Waals surface area contributed by atoms with Gasteiger partial charge in [0.05, 0.1) is 12.7 Å². The van der Waals surface area contributed by atoms with E-state index in [2.05, 4.69) is 45.0 Å². The zero-order chi connectivity index (χ0) is 17.7. The molecule has 1 heterocycles. The van der Waals surface area contributed by atoms with Crippen LogP contribution in [0.4, 0.5) is 0 Å². The second-order valence-electron chi connectivity index (χ2n) is 5.83. The van der Waals surface area contributed by atoms with Crippen LogP contribution in [0.15, 0.2) is 47.7 Å². The van der Waals surface area contributed by atoms with Crippen LogP contribution in [0, 0.1) is 0 Å². The van der Waals surface area contributed by atoms with Gasteiger partial charge in [-0.2, -0.15) is 5.10 Å². The summed E-state index contributed by atoms with van der Waals surface area (Å²) in [6, 6.07) is 10.5. The lowest BCUT2D eigenvalue weighted by Gasteiger charge is -2.12. The van der Waals surface area contributed by atoms with Gasteiger partial charge in [-0.05, 0) is 25.3 Å². The van der Waals surface area contributed by atoms with Crippen molar-refractivity contribution >= 4 is 29.9 Å². The molecular weight excluding hydrogens is 441 g/mol. The minimum absolute atomic E-state index is 0. The van der Waals surface area contributed by atoms with Crippen LogP contribution in [0.3, 0.4) is 0 Å². The Labute approximate surface area is 173 Å². The fourth-order valence-electron chi connectivity index (χ4n) is 2.39. The molecule has 0 amide bonds. The first-order valence-corrected chi connectivity index (χ1v) is 8.89. The highest BCUT2D eigenvalue weighted by Crippen LogP contribution is 2.00. The molecule has 0 bridgehead atoms. The smallest absolute Gasteiger partial charge is 0.191 e. The number of aliphatic imine (C=N–C) groups is 1. The van der Waals surface area contributed by atoms with Gasteiger partial charge in [0.2, 0.25) is 0 Å². The number of benzene rings is 1. The van der Waals surface area contributed by atoms with Gasteiger partial charge >= 0.3 is 0 Å². The molecule has 0 aliphatic carbocycles. The van der Waals surface area contributed by atoms with Gasteiger partial charge in [0.25, 0.3) is 0 Å². The lowest BCUT2D eigenvalue weighted by Crippen LogP contribution is -2.39. The highest BCUT2D eigenvalue weighted by atomic mass is 127. The van der Waals surface area contributed by atoms with Gasteiger partial charge in [0.15, 0.2) is 5.96 Å². The van der Waals surface area contributed by atoms with Gasteiger partial charge in [-0.3, -0.25) is 4.68 Å². The normalized spacial score (nSPS) is 11.1. The molecule has 0 saturated carbocycles.